The van der Waals surface area contributed by atoms with E-state index in [0.717, 1.165) is 17.8 Å². The van der Waals surface area contributed by atoms with Crippen molar-refractivity contribution in [3.05, 3.63) is 36.5 Å². The molecule has 0 bridgehead atoms. The Bertz CT molecular complexity index is 487. The van der Waals surface area contributed by atoms with Crippen molar-refractivity contribution < 1.29 is 0 Å². The summed E-state index contributed by atoms with van der Waals surface area (Å²) in [5.41, 5.74) is 2.16. The highest BCUT2D eigenvalue weighted by Crippen LogP contribution is 2.28. The molecule has 0 aliphatic carbocycles. The summed E-state index contributed by atoms with van der Waals surface area (Å²) in [5.74, 6) is 1.81. The van der Waals surface area contributed by atoms with Crippen LogP contribution in [-0.2, 0) is 6.54 Å². The van der Waals surface area contributed by atoms with Gasteiger partial charge in [-0.3, -0.25) is 4.98 Å². The van der Waals surface area contributed by atoms with Crippen molar-refractivity contribution in [2.75, 3.05) is 0 Å². The lowest BCUT2D eigenvalue weighted by molar-refractivity contribution is 0.463. The number of rotatable bonds is 1. The molecule has 3 nitrogen and oxygen atoms in total. The maximum atomic E-state index is 4.72. The molecule has 0 saturated heterocycles. The van der Waals surface area contributed by atoms with Crippen molar-refractivity contribution in [1.29, 1.82) is 0 Å². The SMILES string of the molecule is CC1CCCn2cc(-c3cccnc3)nc21. The average Bonchev–Trinajstić information content (AvgIpc) is 2.76. The molecule has 0 saturated carbocycles. The van der Waals surface area contributed by atoms with Gasteiger partial charge in [0.2, 0.25) is 0 Å². The number of pyridine rings is 1. The van der Waals surface area contributed by atoms with Crippen molar-refractivity contribution in [3.63, 3.8) is 0 Å². The maximum Gasteiger partial charge on any atom is 0.112 e. The highest BCUT2D eigenvalue weighted by molar-refractivity contribution is 5.57. The minimum absolute atomic E-state index is 0.583. The summed E-state index contributed by atoms with van der Waals surface area (Å²) in [5, 5.41) is 0. The molecule has 1 aliphatic heterocycles. The Hall–Kier alpha value is -1.64. The number of aryl methyl sites for hydroxylation is 1. The first-order chi connectivity index (χ1) is 7.84. The van der Waals surface area contributed by atoms with Gasteiger partial charge in [-0.05, 0) is 25.0 Å². The number of aromatic nitrogens is 3. The molecular weight excluding hydrogens is 198 g/mol. The first-order valence-corrected chi connectivity index (χ1v) is 5.82. The van der Waals surface area contributed by atoms with E-state index in [9.17, 15) is 0 Å². The van der Waals surface area contributed by atoms with Gasteiger partial charge in [-0.15, -0.1) is 0 Å². The molecule has 16 heavy (non-hydrogen) atoms. The lowest BCUT2D eigenvalue weighted by Gasteiger charge is -2.19. The first kappa shape index (κ1) is 9.58. The van der Waals surface area contributed by atoms with Crippen molar-refractivity contribution >= 4 is 0 Å². The topological polar surface area (TPSA) is 30.7 Å². The van der Waals surface area contributed by atoms with Gasteiger partial charge in [-0.2, -0.15) is 0 Å². The molecule has 0 amide bonds. The Balaban J connectivity index is 2.05. The summed E-state index contributed by atoms with van der Waals surface area (Å²) >= 11 is 0. The first-order valence-electron chi connectivity index (χ1n) is 5.82. The zero-order valence-corrected chi connectivity index (χ0v) is 9.43. The largest absolute Gasteiger partial charge is 0.334 e. The molecule has 0 radical (unpaired) electrons. The third kappa shape index (κ3) is 1.52. The van der Waals surface area contributed by atoms with E-state index in [0.29, 0.717) is 5.92 Å². The molecule has 2 aromatic heterocycles. The molecule has 1 atom stereocenters. The summed E-state index contributed by atoms with van der Waals surface area (Å²) in [6.45, 7) is 3.36. The zero-order valence-electron chi connectivity index (χ0n) is 9.43. The number of nitrogens with zero attached hydrogens (tertiary/aromatic N) is 3. The fourth-order valence-corrected chi connectivity index (χ4v) is 2.35. The second-order valence-corrected chi connectivity index (χ2v) is 4.46. The molecule has 3 rings (SSSR count). The predicted molar refractivity (Wildman–Crippen MR) is 63.1 cm³/mol. The van der Waals surface area contributed by atoms with Crippen molar-refractivity contribution in [2.24, 2.45) is 0 Å². The van der Waals surface area contributed by atoms with Gasteiger partial charge in [-0.1, -0.05) is 6.92 Å². The monoisotopic (exact) mass is 213 g/mol. The molecular formula is C13H15N3. The smallest absolute Gasteiger partial charge is 0.112 e. The van der Waals surface area contributed by atoms with E-state index in [2.05, 4.69) is 28.7 Å². The summed E-state index contributed by atoms with van der Waals surface area (Å²) in [6, 6.07) is 4.02. The van der Waals surface area contributed by atoms with Crippen LogP contribution in [0.5, 0.6) is 0 Å². The molecule has 3 heteroatoms. The minimum atomic E-state index is 0.583. The van der Waals surface area contributed by atoms with E-state index < -0.39 is 0 Å². The van der Waals surface area contributed by atoms with Gasteiger partial charge in [0.25, 0.3) is 0 Å². The van der Waals surface area contributed by atoms with Crippen LogP contribution in [0.2, 0.25) is 0 Å². The quantitative estimate of drug-likeness (QED) is 0.729. The molecule has 2 aromatic rings. The third-order valence-electron chi connectivity index (χ3n) is 3.24. The normalized spacial score (nSPS) is 19.4. The van der Waals surface area contributed by atoms with Crippen LogP contribution in [0.3, 0.4) is 0 Å². The average molecular weight is 213 g/mol. The van der Waals surface area contributed by atoms with E-state index in [1.807, 2.05) is 12.3 Å². The second-order valence-electron chi connectivity index (χ2n) is 4.46. The van der Waals surface area contributed by atoms with Gasteiger partial charge < -0.3 is 4.57 Å². The van der Waals surface area contributed by atoms with Crippen LogP contribution in [0.15, 0.2) is 30.7 Å². The van der Waals surface area contributed by atoms with E-state index >= 15 is 0 Å². The standard InChI is InChI=1S/C13H15N3/c1-10-4-3-7-16-9-12(15-13(10)16)11-5-2-6-14-8-11/h2,5-6,8-10H,3-4,7H2,1H3. The highest BCUT2D eigenvalue weighted by atomic mass is 15.1. The highest BCUT2D eigenvalue weighted by Gasteiger charge is 2.19. The number of hydrogen-bond donors (Lipinski definition) is 0. The van der Waals surface area contributed by atoms with Crippen LogP contribution in [0.25, 0.3) is 11.3 Å². The predicted octanol–water partition coefficient (Wildman–Crippen LogP) is 2.84. The molecule has 0 N–H and O–H groups in total. The Labute approximate surface area is 95.2 Å². The lowest BCUT2D eigenvalue weighted by Crippen LogP contribution is -2.12. The molecule has 0 aromatic carbocycles. The Morgan fingerprint density at radius 2 is 2.38 bits per heavy atom. The van der Waals surface area contributed by atoms with Gasteiger partial charge in [-0.25, -0.2) is 4.98 Å². The third-order valence-corrected chi connectivity index (χ3v) is 3.24. The van der Waals surface area contributed by atoms with Gasteiger partial charge in [0.15, 0.2) is 0 Å². The van der Waals surface area contributed by atoms with Crippen LogP contribution in [0.4, 0.5) is 0 Å². The lowest BCUT2D eigenvalue weighted by atomic mass is 10.0. The van der Waals surface area contributed by atoms with E-state index in [1.54, 1.807) is 6.20 Å². The molecule has 0 fully saturated rings. The van der Waals surface area contributed by atoms with Crippen LogP contribution >= 0.6 is 0 Å². The molecule has 1 unspecified atom stereocenters. The minimum Gasteiger partial charge on any atom is -0.334 e. The Kier molecular flexibility index (Phi) is 2.24. The van der Waals surface area contributed by atoms with E-state index in [-0.39, 0.29) is 0 Å². The van der Waals surface area contributed by atoms with Gasteiger partial charge in [0, 0.05) is 36.6 Å². The summed E-state index contributed by atoms with van der Waals surface area (Å²) < 4.78 is 2.29. The van der Waals surface area contributed by atoms with Crippen molar-refractivity contribution in [1.82, 2.24) is 14.5 Å². The van der Waals surface area contributed by atoms with Gasteiger partial charge >= 0.3 is 0 Å². The van der Waals surface area contributed by atoms with Crippen LogP contribution < -0.4 is 0 Å². The van der Waals surface area contributed by atoms with Gasteiger partial charge in [0.1, 0.15) is 5.82 Å². The molecule has 0 spiro atoms. The van der Waals surface area contributed by atoms with Gasteiger partial charge in [0.05, 0.1) is 5.69 Å². The zero-order chi connectivity index (χ0) is 11.0. The Morgan fingerprint density at radius 1 is 1.44 bits per heavy atom. The number of imidazole rings is 1. The molecule has 1 aliphatic rings. The maximum absolute atomic E-state index is 4.72. The van der Waals surface area contributed by atoms with Crippen molar-refractivity contribution in [2.45, 2.75) is 32.2 Å². The van der Waals surface area contributed by atoms with Crippen LogP contribution in [0, 0.1) is 0 Å². The fourth-order valence-electron chi connectivity index (χ4n) is 2.35. The van der Waals surface area contributed by atoms with Crippen LogP contribution in [-0.4, -0.2) is 14.5 Å². The molecule has 3 heterocycles. The van der Waals surface area contributed by atoms with Crippen molar-refractivity contribution in [3.8, 4) is 11.3 Å². The van der Waals surface area contributed by atoms with E-state index in [1.165, 1.54) is 18.7 Å². The summed E-state index contributed by atoms with van der Waals surface area (Å²) in [6.07, 6.45) is 8.34. The second kappa shape index (κ2) is 3.74. The Morgan fingerprint density at radius 3 is 3.12 bits per heavy atom. The van der Waals surface area contributed by atoms with E-state index in [4.69, 9.17) is 4.98 Å². The van der Waals surface area contributed by atoms with Crippen LogP contribution in [0.1, 0.15) is 31.5 Å². The fraction of sp³-hybridized carbons (Fsp3) is 0.385. The molecule has 82 valence electrons. The number of hydrogen-bond acceptors (Lipinski definition) is 2. The summed E-state index contributed by atoms with van der Waals surface area (Å²) in [7, 11) is 0. The summed E-state index contributed by atoms with van der Waals surface area (Å²) in [4.78, 5) is 8.86. The number of fused-ring (bicyclic) bond motifs is 1.